The highest BCUT2D eigenvalue weighted by Gasteiger charge is 2.16. The molecular formula is C16H15FO3. The van der Waals surface area contributed by atoms with E-state index in [4.69, 9.17) is 9.84 Å². The fourth-order valence-electron chi connectivity index (χ4n) is 1.94. The second kappa shape index (κ2) is 6.70. The van der Waals surface area contributed by atoms with Gasteiger partial charge in [-0.15, -0.1) is 0 Å². The van der Waals surface area contributed by atoms with Crippen LogP contribution in [-0.4, -0.2) is 17.7 Å². The molecule has 0 fully saturated rings. The van der Waals surface area contributed by atoms with E-state index in [1.165, 1.54) is 17.7 Å². The lowest BCUT2D eigenvalue weighted by Gasteiger charge is -2.09. The molecule has 0 amide bonds. The largest absolute Gasteiger partial charge is 0.493 e. The molecule has 0 aliphatic rings. The fraction of sp³-hybridized carbons (Fsp3) is 0.188. The Morgan fingerprint density at radius 1 is 1.10 bits per heavy atom. The van der Waals surface area contributed by atoms with Gasteiger partial charge in [0.1, 0.15) is 17.1 Å². The molecule has 0 heterocycles. The van der Waals surface area contributed by atoms with Gasteiger partial charge in [0.05, 0.1) is 6.61 Å². The molecule has 0 aliphatic heterocycles. The van der Waals surface area contributed by atoms with E-state index < -0.39 is 17.3 Å². The van der Waals surface area contributed by atoms with Crippen molar-refractivity contribution in [3.05, 3.63) is 65.5 Å². The van der Waals surface area contributed by atoms with Crippen molar-refractivity contribution in [1.82, 2.24) is 0 Å². The van der Waals surface area contributed by atoms with Gasteiger partial charge in [-0.1, -0.05) is 36.4 Å². The minimum absolute atomic E-state index is 0.0746. The lowest BCUT2D eigenvalue weighted by atomic mass is 10.1. The molecule has 0 saturated heterocycles. The second-order valence-electron chi connectivity index (χ2n) is 4.36. The lowest BCUT2D eigenvalue weighted by Crippen LogP contribution is -2.07. The van der Waals surface area contributed by atoms with Crippen molar-refractivity contribution in [1.29, 1.82) is 0 Å². The summed E-state index contributed by atoms with van der Waals surface area (Å²) in [5, 5.41) is 8.96. The van der Waals surface area contributed by atoms with Crippen LogP contribution in [-0.2, 0) is 6.42 Å². The zero-order valence-electron chi connectivity index (χ0n) is 10.9. The van der Waals surface area contributed by atoms with E-state index in [-0.39, 0.29) is 5.75 Å². The molecule has 2 aromatic carbocycles. The molecule has 0 bridgehead atoms. The van der Waals surface area contributed by atoms with E-state index in [9.17, 15) is 9.18 Å². The third-order valence-corrected chi connectivity index (χ3v) is 2.90. The van der Waals surface area contributed by atoms with Crippen LogP contribution in [0.4, 0.5) is 4.39 Å². The van der Waals surface area contributed by atoms with Crippen LogP contribution in [0.1, 0.15) is 22.3 Å². The Kier molecular flexibility index (Phi) is 4.71. The van der Waals surface area contributed by atoms with E-state index in [2.05, 4.69) is 0 Å². The molecular weight excluding hydrogens is 259 g/mol. The predicted molar refractivity (Wildman–Crippen MR) is 73.6 cm³/mol. The summed E-state index contributed by atoms with van der Waals surface area (Å²) in [7, 11) is 0. The SMILES string of the molecule is O=C(O)c1c(F)cccc1OCCCc1ccccc1. The van der Waals surface area contributed by atoms with Gasteiger partial charge in [0, 0.05) is 0 Å². The first-order valence-electron chi connectivity index (χ1n) is 6.37. The number of ether oxygens (including phenoxy) is 1. The maximum Gasteiger partial charge on any atom is 0.342 e. The standard InChI is InChI=1S/C16H15FO3/c17-13-9-4-10-14(15(13)16(18)19)20-11-5-8-12-6-2-1-3-7-12/h1-4,6-7,9-10H,5,8,11H2,(H,18,19). The number of carbonyl (C=O) groups is 1. The minimum atomic E-state index is -1.32. The molecule has 0 saturated carbocycles. The van der Waals surface area contributed by atoms with Crippen LogP contribution in [0.3, 0.4) is 0 Å². The van der Waals surface area contributed by atoms with Crippen LogP contribution in [0.15, 0.2) is 48.5 Å². The van der Waals surface area contributed by atoms with Crippen molar-refractivity contribution >= 4 is 5.97 Å². The third-order valence-electron chi connectivity index (χ3n) is 2.90. The lowest BCUT2D eigenvalue weighted by molar-refractivity contribution is 0.0687. The predicted octanol–water partition coefficient (Wildman–Crippen LogP) is 3.54. The summed E-state index contributed by atoms with van der Waals surface area (Å²) in [6.07, 6.45) is 1.57. The average molecular weight is 274 g/mol. The molecule has 0 unspecified atom stereocenters. The second-order valence-corrected chi connectivity index (χ2v) is 4.36. The van der Waals surface area contributed by atoms with Crippen molar-refractivity contribution in [3.63, 3.8) is 0 Å². The number of hydrogen-bond donors (Lipinski definition) is 1. The summed E-state index contributed by atoms with van der Waals surface area (Å²) >= 11 is 0. The van der Waals surface area contributed by atoms with Crippen LogP contribution >= 0.6 is 0 Å². The molecule has 0 radical (unpaired) electrons. The Hall–Kier alpha value is -2.36. The van der Waals surface area contributed by atoms with Gasteiger partial charge in [0.15, 0.2) is 0 Å². The Labute approximate surface area is 116 Å². The molecule has 0 aliphatic carbocycles. The topological polar surface area (TPSA) is 46.5 Å². The maximum absolute atomic E-state index is 13.4. The van der Waals surface area contributed by atoms with E-state index in [1.54, 1.807) is 0 Å². The number of benzene rings is 2. The molecule has 0 atom stereocenters. The van der Waals surface area contributed by atoms with Gasteiger partial charge in [0.2, 0.25) is 0 Å². The molecule has 2 aromatic rings. The molecule has 3 nitrogen and oxygen atoms in total. The average Bonchev–Trinajstić information content (AvgIpc) is 2.44. The smallest absolute Gasteiger partial charge is 0.342 e. The normalized spacial score (nSPS) is 10.2. The third kappa shape index (κ3) is 3.57. The quantitative estimate of drug-likeness (QED) is 0.820. The van der Waals surface area contributed by atoms with Crippen LogP contribution < -0.4 is 4.74 Å². The van der Waals surface area contributed by atoms with Crippen molar-refractivity contribution in [2.75, 3.05) is 6.61 Å². The number of carboxylic acids is 1. The van der Waals surface area contributed by atoms with Gasteiger partial charge in [-0.2, -0.15) is 0 Å². The summed E-state index contributed by atoms with van der Waals surface area (Å²) in [5.41, 5.74) is 0.779. The molecule has 104 valence electrons. The Bertz CT molecular complexity index is 582. The van der Waals surface area contributed by atoms with Crippen molar-refractivity contribution in [3.8, 4) is 5.75 Å². The summed E-state index contributed by atoms with van der Waals surface area (Å²) in [4.78, 5) is 11.0. The van der Waals surface area contributed by atoms with Crippen molar-refractivity contribution < 1.29 is 19.0 Å². The first-order chi connectivity index (χ1) is 9.68. The van der Waals surface area contributed by atoms with Gasteiger partial charge in [-0.05, 0) is 30.5 Å². The highest BCUT2D eigenvalue weighted by molar-refractivity contribution is 5.91. The number of hydrogen-bond acceptors (Lipinski definition) is 2. The molecule has 0 spiro atoms. The highest BCUT2D eigenvalue weighted by atomic mass is 19.1. The van der Waals surface area contributed by atoms with Gasteiger partial charge < -0.3 is 9.84 Å². The Balaban J connectivity index is 1.92. The summed E-state index contributed by atoms with van der Waals surface area (Å²) in [5.74, 6) is -2.02. The van der Waals surface area contributed by atoms with Crippen LogP contribution in [0.25, 0.3) is 0 Å². The molecule has 2 rings (SSSR count). The zero-order chi connectivity index (χ0) is 14.4. The number of halogens is 1. The number of aryl methyl sites for hydroxylation is 1. The Morgan fingerprint density at radius 2 is 1.85 bits per heavy atom. The van der Waals surface area contributed by atoms with Crippen LogP contribution in [0.5, 0.6) is 5.75 Å². The van der Waals surface area contributed by atoms with Crippen molar-refractivity contribution in [2.24, 2.45) is 0 Å². The fourth-order valence-corrected chi connectivity index (χ4v) is 1.94. The summed E-state index contributed by atoms with van der Waals surface area (Å²) < 4.78 is 18.8. The van der Waals surface area contributed by atoms with Crippen LogP contribution in [0, 0.1) is 5.82 Å². The summed E-state index contributed by atoms with van der Waals surface area (Å²) in [6.45, 7) is 0.346. The molecule has 1 N–H and O–H groups in total. The molecule has 20 heavy (non-hydrogen) atoms. The minimum Gasteiger partial charge on any atom is -0.493 e. The van der Waals surface area contributed by atoms with Gasteiger partial charge in [0.25, 0.3) is 0 Å². The number of rotatable bonds is 6. The summed E-state index contributed by atoms with van der Waals surface area (Å²) in [6, 6.07) is 13.9. The maximum atomic E-state index is 13.4. The zero-order valence-corrected chi connectivity index (χ0v) is 10.9. The molecule has 4 heteroatoms. The first kappa shape index (κ1) is 14.1. The Morgan fingerprint density at radius 3 is 2.55 bits per heavy atom. The van der Waals surface area contributed by atoms with Gasteiger partial charge in [-0.25, -0.2) is 9.18 Å². The van der Waals surface area contributed by atoms with E-state index in [0.717, 1.165) is 18.9 Å². The number of aromatic carboxylic acids is 1. The number of carboxylic acid groups (broad SMARTS) is 1. The van der Waals surface area contributed by atoms with E-state index in [1.807, 2.05) is 30.3 Å². The van der Waals surface area contributed by atoms with Crippen molar-refractivity contribution in [2.45, 2.75) is 12.8 Å². The van der Waals surface area contributed by atoms with Gasteiger partial charge in [-0.3, -0.25) is 0 Å². The van der Waals surface area contributed by atoms with Gasteiger partial charge >= 0.3 is 5.97 Å². The van der Waals surface area contributed by atoms with E-state index >= 15 is 0 Å². The first-order valence-corrected chi connectivity index (χ1v) is 6.37. The molecule has 0 aromatic heterocycles. The highest BCUT2D eigenvalue weighted by Crippen LogP contribution is 2.21. The van der Waals surface area contributed by atoms with E-state index in [0.29, 0.717) is 6.61 Å². The monoisotopic (exact) mass is 274 g/mol. The van der Waals surface area contributed by atoms with Crippen LogP contribution in [0.2, 0.25) is 0 Å².